The maximum absolute atomic E-state index is 13.3. The minimum absolute atomic E-state index is 0.0761. The predicted octanol–water partition coefficient (Wildman–Crippen LogP) is 4.66. The van der Waals surface area contributed by atoms with E-state index < -0.39 is 0 Å². The Morgan fingerprint density at radius 3 is 2.42 bits per heavy atom. The molecule has 2 heterocycles. The van der Waals surface area contributed by atoms with Crippen LogP contribution in [0.15, 0.2) is 48.5 Å². The summed E-state index contributed by atoms with van der Waals surface area (Å²) in [5.41, 5.74) is 0.540. The molecule has 2 saturated heterocycles. The molecular formula is C26H31ClN2O4. The molecule has 0 bridgehead atoms. The number of carbonyl (C=O) groups excluding carboxylic acids is 2. The van der Waals surface area contributed by atoms with E-state index in [0.29, 0.717) is 42.3 Å². The fourth-order valence-electron chi connectivity index (χ4n) is 4.72. The van der Waals surface area contributed by atoms with Gasteiger partial charge in [0, 0.05) is 50.0 Å². The Labute approximate surface area is 200 Å². The van der Waals surface area contributed by atoms with Gasteiger partial charge in [-0.05, 0) is 55.7 Å². The summed E-state index contributed by atoms with van der Waals surface area (Å²) in [7, 11) is 1.57. The Morgan fingerprint density at radius 1 is 0.970 bits per heavy atom. The van der Waals surface area contributed by atoms with Crippen molar-refractivity contribution < 1.29 is 19.1 Å². The van der Waals surface area contributed by atoms with E-state index >= 15 is 0 Å². The number of benzene rings is 2. The van der Waals surface area contributed by atoms with E-state index in [1.165, 1.54) is 6.42 Å². The van der Waals surface area contributed by atoms with Gasteiger partial charge in [0.2, 0.25) is 5.91 Å². The number of piperidine rings is 2. The molecule has 0 aliphatic carbocycles. The zero-order valence-electron chi connectivity index (χ0n) is 19.0. The van der Waals surface area contributed by atoms with Gasteiger partial charge in [-0.15, -0.1) is 0 Å². The van der Waals surface area contributed by atoms with Crippen LogP contribution in [-0.4, -0.2) is 61.0 Å². The Morgan fingerprint density at radius 2 is 1.70 bits per heavy atom. The number of para-hydroxylation sites is 1. The van der Waals surface area contributed by atoms with Crippen molar-refractivity contribution in [3.8, 4) is 11.5 Å². The molecule has 4 rings (SSSR count). The third-order valence-electron chi connectivity index (χ3n) is 6.54. The molecule has 2 atom stereocenters. The van der Waals surface area contributed by atoms with Gasteiger partial charge < -0.3 is 19.3 Å². The Kier molecular flexibility index (Phi) is 7.76. The molecule has 0 unspecified atom stereocenters. The van der Waals surface area contributed by atoms with E-state index in [0.717, 1.165) is 31.7 Å². The summed E-state index contributed by atoms with van der Waals surface area (Å²) in [5.74, 6) is 1.26. The number of likely N-dealkylation sites (tertiary alicyclic amines) is 2. The van der Waals surface area contributed by atoms with Gasteiger partial charge in [0.1, 0.15) is 17.6 Å². The second-order valence-electron chi connectivity index (χ2n) is 8.76. The molecule has 2 aliphatic heterocycles. The molecule has 6 nitrogen and oxygen atoms in total. The smallest absolute Gasteiger partial charge is 0.257 e. The summed E-state index contributed by atoms with van der Waals surface area (Å²) in [5, 5.41) is 0.649. The lowest BCUT2D eigenvalue weighted by molar-refractivity contribution is -0.134. The summed E-state index contributed by atoms with van der Waals surface area (Å²) in [6, 6.07) is 14.5. The first-order valence-electron chi connectivity index (χ1n) is 11.7. The highest BCUT2D eigenvalue weighted by molar-refractivity contribution is 6.30. The molecule has 2 aromatic rings. The molecule has 0 aromatic heterocycles. The fourth-order valence-corrected chi connectivity index (χ4v) is 4.85. The standard InChI is InChI=1S/C26H31ClN2O4/c1-32-24-8-4-3-7-22(24)26(31)29-16-13-23(33-21-11-9-20(27)10-12-21)19(18-29)17-25(30)28-14-5-2-6-15-28/h3-4,7-12,19,23H,2,5-6,13-18H2,1H3/t19-,23-/m0/s1. The SMILES string of the molecule is COc1ccccc1C(=O)N1CC[C@H](Oc2ccc(Cl)cc2)[C@@H](CC(=O)N2CCCCC2)C1. The van der Waals surface area contributed by atoms with Crippen molar-refractivity contribution in [3.05, 3.63) is 59.1 Å². The first-order chi connectivity index (χ1) is 16.0. The second kappa shape index (κ2) is 10.9. The summed E-state index contributed by atoms with van der Waals surface area (Å²) >= 11 is 6.01. The highest BCUT2D eigenvalue weighted by atomic mass is 35.5. The van der Waals surface area contributed by atoms with Gasteiger partial charge >= 0.3 is 0 Å². The first kappa shape index (κ1) is 23.4. The fraction of sp³-hybridized carbons (Fsp3) is 0.462. The van der Waals surface area contributed by atoms with Gasteiger partial charge in [0.05, 0.1) is 12.7 Å². The number of ether oxygens (including phenoxy) is 2. The number of hydrogen-bond acceptors (Lipinski definition) is 4. The molecule has 2 aromatic carbocycles. The monoisotopic (exact) mass is 470 g/mol. The number of methoxy groups -OCH3 is 1. The van der Waals surface area contributed by atoms with Crippen molar-refractivity contribution in [1.29, 1.82) is 0 Å². The predicted molar refractivity (Wildman–Crippen MR) is 128 cm³/mol. The van der Waals surface area contributed by atoms with Crippen LogP contribution in [0.25, 0.3) is 0 Å². The van der Waals surface area contributed by atoms with Crippen LogP contribution in [0.4, 0.5) is 0 Å². The van der Waals surface area contributed by atoms with Gasteiger partial charge in [-0.1, -0.05) is 23.7 Å². The third kappa shape index (κ3) is 5.80. The van der Waals surface area contributed by atoms with Crippen molar-refractivity contribution in [2.45, 2.75) is 38.2 Å². The first-order valence-corrected chi connectivity index (χ1v) is 12.0. The largest absolute Gasteiger partial charge is 0.496 e. The van der Waals surface area contributed by atoms with Gasteiger partial charge in [-0.3, -0.25) is 9.59 Å². The van der Waals surface area contributed by atoms with E-state index in [1.54, 1.807) is 31.4 Å². The Bertz CT molecular complexity index is 959. The van der Waals surface area contributed by atoms with Crippen LogP contribution >= 0.6 is 11.6 Å². The number of hydrogen-bond donors (Lipinski definition) is 0. The van der Waals surface area contributed by atoms with Crippen molar-refractivity contribution in [2.24, 2.45) is 5.92 Å². The van der Waals surface area contributed by atoms with Gasteiger partial charge in [-0.25, -0.2) is 0 Å². The normalized spacial score (nSPS) is 20.9. The molecule has 7 heteroatoms. The minimum Gasteiger partial charge on any atom is -0.496 e. The maximum Gasteiger partial charge on any atom is 0.257 e. The number of nitrogens with zero attached hydrogens (tertiary/aromatic N) is 2. The molecule has 0 N–H and O–H groups in total. The quantitative estimate of drug-likeness (QED) is 0.616. The van der Waals surface area contributed by atoms with Gasteiger partial charge in [0.15, 0.2) is 0 Å². The highest BCUT2D eigenvalue weighted by Crippen LogP contribution is 2.29. The molecule has 2 fully saturated rings. The van der Waals surface area contributed by atoms with Crippen LogP contribution in [0.5, 0.6) is 11.5 Å². The zero-order valence-corrected chi connectivity index (χ0v) is 19.8. The lowest BCUT2D eigenvalue weighted by Crippen LogP contribution is -2.50. The molecule has 0 saturated carbocycles. The van der Waals surface area contributed by atoms with Crippen LogP contribution in [0.2, 0.25) is 5.02 Å². The average Bonchev–Trinajstić information content (AvgIpc) is 2.86. The Balaban J connectivity index is 1.50. The van der Waals surface area contributed by atoms with Crippen LogP contribution in [0.3, 0.4) is 0 Å². The van der Waals surface area contributed by atoms with Crippen LogP contribution in [-0.2, 0) is 4.79 Å². The van der Waals surface area contributed by atoms with E-state index in [9.17, 15) is 9.59 Å². The summed E-state index contributed by atoms with van der Waals surface area (Å²) < 4.78 is 11.7. The Hall–Kier alpha value is -2.73. The topological polar surface area (TPSA) is 59.1 Å². The van der Waals surface area contributed by atoms with E-state index in [1.807, 2.05) is 34.1 Å². The molecular weight excluding hydrogens is 440 g/mol. The van der Waals surface area contributed by atoms with Crippen molar-refractivity contribution in [3.63, 3.8) is 0 Å². The number of amides is 2. The highest BCUT2D eigenvalue weighted by Gasteiger charge is 2.36. The van der Waals surface area contributed by atoms with E-state index in [-0.39, 0.29) is 23.8 Å². The van der Waals surface area contributed by atoms with Crippen molar-refractivity contribution in [1.82, 2.24) is 9.80 Å². The lowest BCUT2D eigenvalue weighted by Gasteiger charge is -2.39. The van der Waals surface area contributed by atoms with Crippen molar-refractivity contribution >= 4 is 23.4 Å². The summed E-state index contributed by atoms with van der Waals surface area (Å²) in [6.45, 7) is 2.66. The minimum atomic E-state index is -0.151. The molecule has 33 heavy (non-hydrogen) atoms. The van der Waals surface area contributed by atoms with E-state index in [4.69, 9.17) is 21.1 Å². The van der Waals surface area contributed by atoms with E-state index in [2.05, 4.69) is 0 Å². The lowest BCUT2D eigenvalue weighted by atomic mass is 9.90. The zero-order chi connectivity index (χ0) is 23.2. The molecule has 2 aliphatic rings. The van der Waals surface area contributed by atoms with Crippen LogP contribution in [0.1, 0.15) is 42.5 Å². The maximum atomic E-state index is 13.3. The summed E-state index contributed by atoms with van der Waals surface area (Å²) in [4.78, 5) is 30.2. The number of carbonyl (C=O) groups is 2. The molecule has 0 spiro atoms. The van der Waals surface area contributed by atoms with Crippen LogP contribution < -0.4 is 9.47 Å². The number of halogens is 1. The van der Waals surface area contributed by atoms with Crippen LogP contribution in [0, 0.1) is 5.92 Å². The average molecular weight is 471 g/mol. The number of rotatable bonds is 6. The molecule has 2 amide bonds. The summed E-state index contributed by atoms with van der Waals surface area (Å²) in [6.07, 6.45) is 4.16. The van der Waals surface area contributed by atoms with Gasteiger partial charge in [-0.2, -0.15) is 0 Å². The second-order valence-corrected chi connectivity index (χ2v) is 9.19. The third-order valence-corrected chi connectivity index (χ3v) is 6.79. The van der Waals surface area contributed by atoms with Gasteiger partial charge in [0.25, 0.3) is 5.91 Å². The van der Waals surface area contributed by atoms with Crippen molar-refractivity contribution in [2.75, 3.05) is 33.3 Å². The molecule has 176 valence electrons. The molecule has 0 radical (unpaired) electrons.